The van der Waals surface area contributed by atoms with E-state index < -0.39 is 0 Å². The molecule has 0 amide bonds. The van der Waals surface area contributed by atoms with Crippen molar-refractivity contribution in [2.24, 2.45) is 0 Å². The van der Waals surface area contributed by atoms with Gasteiger partial charge in [-0.1, -0.05) is 78.9 Å². The summed E-state index contributed by atoms with van der Waals surface area (Å²) >= 11 is 3.39. The minimum atomic E-state index is 0.922. The van der Waals surface area contributed by atoms with Gasteiger partial charge >= 0.3 is 0 Å². The molecule has 0 saturated heterocycles. The van der Waals surface area contributed by atoms with Crippen LogP contribution in [0.25, 0.3) is 10.8 Å². The number of fused-ring (bicyclic) bond motifs is 1. The first-order chi connectivity index (χ1) is 10.9. The van der Waals surface area contributed by atoms with Gasteiger partial charge in [0.15, 0.2) is 4.34 Å². The molecule has 0 unspecified atom stereocenters. The number of anilines is 1. The molecule has 3 nitrogen and oxygen atoms in total. The molecule has 1 heterocycles. The standard InChI is InChI=1S/C17H19N3S2/c1-2-3-11-18-16-19-20-17(22-16)21-12-14-9-6-8-13-7-4-5-10-15(13)14/h4-10H,2-3,11-12H2,1H3,(H,18,19). The Morgan fingerprint density at radius 1 is 1.09 bits per heavy atom. The van der Waals surface area contributed by atoms with E-state index >= 15 is 0 Å². The van der Waals surface area contributed by atoms with E-state index in [1.165, 1.54) is 22.8 Å². The Morgan fingerprint density at radius 2 is 1.95 bits per heavy atom. The molecule has 1 N–H and O–H groups in total. The minimum Gasteiger partial charge on any atom is -0.360 e. The molecule has 22 heavy (non-hydrogen) atoms. The summed E-state index contributed by atoms with van der Waals surface area (Å²) < 4.78 is 1.02. The van der Waals surface area contributed by atoms with Gasteiger partial charge in [0.2, 0.25) is 5.13 Å². The van der Waals surface area contributed by atoms with E-state index in [9.17, 15) is 0 Å². The number of thioether (sulfide) groups is 1. The fourth-order valence-corrected chi connectivity index (χ4v) is 4.05. The SMILES string of the molecule is CCCCNc1nnc(SCc2cccc3ccccc23)s1. The Balaban J connectivity index is 1.64. The number of nitrogens with one attached hydrogen (secondary N) is 1. The summed E-state index contributed by atoms with van der Waals surface area (Å²) in [5.41, 5.74) is 1.35. The second-order valence-electron chi connectivity index (χ2n) is 5.08. The summed E-state index contributed by atoms with van der Waals surface area (Å²) in [7, 11) is 0. The number of hydrogen-bond acceptors (Lipinski definition) is 5. The predicted octanol–water partition coefficient (Wildman–Crippen LogP) is 5.20. The van der Waals surface area contributed by atoms with E-state index in [-0.39, 0.29) is 0 Å². The number of hydrogen-bond donors (Lipinski definition) is 1. The molecule has 0 spiro atoms. The average molecular weight is 329 g/mol. The maximum absolute atomic E-state index is 4.26. The molecule has 5 heteroatoms. The number of benzene rings is 2. The summed E-state index contributed by atoms with van der Waals surface area (Å²) in [4.78, 5) is 0. The van der Waals surface area contributed by atoms with Gasteiger partial charge in [-0.05, 0) is 22.8 Å². The molecule has 0 bridgehead atoms. The van der Waals surface area contributed by atoms with Crippen molar-refractivity contribution >= 4 is 39.0 Å². The normalized spacial score (nSPS) is 11.0. The Bertz CT molecular complexity index is 734. The molecular formula is C17H19N3S2. The van der Waals surface area contributed by atoms with Gasteiger partial charge in [0.25, 0.3) is 0 Å². The van der Waals surface area contributed by atoms with Gasteiger partial charge in [-0.3, -0.25) is 0 Å². The zero-order valence-corrected chi connectivity index (χ0v) is 14.2. The fourth-order valence-electron chi connectivity index (χ4n) is 2.27. The van der Waals surface area contributed by atoms with Crippen LogP contribution in [0, 0.1) is 0 Å². The molecule has 2 aromatic carbocycles. The van der Waals surface area contributed by atoms with Crippen LogP contribution in [-0.2, 0) is 5.75 Å². The van der Waals surface area contributed by atoms with Crippen molar-refractivity contribution in [3.8, 4) is 0 Å². The lowest BCUT2D eigenvalue weighted by Crippen LogP contribution is -1.99. The third kappa shape index (κ3) is 3.78. The van der Waals surface area contributed by atoms with E-state index in [1.807, 2.05) is 0 Å². The maximum Gasteiger partial charge on any atom is 0.206 e. The van der Waals surface area contributed by atoms with Crippen LogP contribution in [0.3, 0.4) is 0 Å². The highest BCUT2D eigenvalue weighted by Crippen LogP contribution is 2.30. The molecule has 0 atom stereocenters. The Kier molecular flexibility index (Phi) is 5.29. The third-order valence-electron chi connectivity index (χ3n) is 3.44. The van der Waals surface area contributed by atoms with Crippen molar-refractivity contribution in [3.63, 3.8) is 0 Å². The molecule has 0 saturated carbocycles. The van der Waals surface area contributed by atoms with Gasteiger partial charge in [-0.2, -0.15) is 0 Å². The van der Waals surface area contributed by atoms with Crippen molar-refractivity contribution < 1.29 is 0 Å². The molecule has 1 aromatic heterocycles. The van der Waals surface area contributed by atoms with Crippen molar-refractivity contribution in [3.05, 3.63) is 48.0 Å². The number of rotatable bonds is 7. The quantitative estimate of drug-likeness (QED) is 0.478. The van der Waals surface area contributed by atoms with Crippen LogP contribution in [0.15, 0.2) is 46.8 Å². The van der Waals surface area contributed by atoms with Gasteiger partial charge in [0, 0.05) is 12.3 Å². The lowest BCUT2D eigenvalue weighted by atomic mass is 10.1. The Labute approximate surface area is 139 Å². The van der Waals surface area contributed by atoms with Gasteiger partial charge in [0.05, 0.1) is 0 Å². The number of aromatic nitrogens is 2. The summed E-state index contributed by atoms with van der Waals surface area (Å²) in [6.07, 6.45) is 2.35. The molecule has 0 aliphatic carbocycles. The first kappa shape index (κ1) is 15.3. The highest BCUT2D eigenvalue weighted by atomic mass is 32.2. The van der Waals surface area contributed by atoms with Crippen LogP contribution < -0.4 is 5.32 Å². The monoisotopic (exact) mass is 329 g/mol. The van der Waals surface area contributed by atoms with Gasteiger partial charge in [-0.15, -0.1) is 10.2 Å². The number of nitrogens with zero attached hydrogens (tertiary/aromatic N) is 2. The minimum absolute atomic E-state index is 0.922. The van der Waals surface area contributed by atoms with Crippen molar-refractivity contribution in [1.82, 2.24) is 10.2 Å². The Hall–Kier alpha value is -1.59. The molecule has 114 valence electrons. The summed E-state index contributed by atoms with van der Waals surface area (Å²) in [6, 6.07) is 15.0. The zero-order valence-electron chi connectivity index (χ0n) is 12.6. The van der Waals surface area contributed by atoms with Crippen molar-refractivity contribution in [1.29, 1.82) is 0 Å². The summed E-state index contributed by atoms with van der Waals surface area (Å²) in [6.45, 7) is 3.16. The highest BCUT2D eigenvalue weighted by Gasteiger charge is 2.06. The topological polar surface area (TPSA) is 37.8 Å². The van der Waals surface area contributed by atoms with Gasteiger partial charge in [0.1, 0.15) is 0 Å². The lowest BCUT2D eigenvalue weighted by Gasteiger charge is -2.04. The predicted molar refractivity (Wildman–Crippen MR) is 96.8 cm³/mol. The second kappa shape index (κ2) is 7.61. The lowest BCUT2D eigenvalue weighted by molar-refractivity contribution is 0.830. The van der Waals surface area contributed by atoms with Crippen LogP contribution in [0.5, 0.6) is 0 Å². The smallest absolute Gasteiger partial charge is 0.206 e. The average Bonchev–Trinajstić information content (AvgIpc) is 3.01. The molecule has 0 aliphatic heterocycles. The van der Waals surface area contributed by atoms with E-state index in [2.05, 4.69) is 64.9 Å². The molecule has 0 radical (unpaired) electrons. The van der Waals surface area contributed by atoms with Crippen molar-refractivity contribution in [2.45, 2.75) is 29.9 Å². The van der Waals surface area contributed by atoms with Crippen LogP contribution in [0.2, 0.25) is 0 Å². The molecule has 0 aliphatic rings. The van der Waals surface area contributed by atoms with Crippen LogP contribution >= 0.6 is 23.1 Å². The molecule has 3 rings (SSSR count). The molecule has 3 aromatic rings. The van der Waals surface area contributed by atoms with Crippen LogP contribution in [0.4, 0.5) is 5.13 Å². The highest BCUT2D eigenvalue weighted by molar-refractivity contribution is 8.00. The first-order valence-corrected chi connectivity index (χ1v) is 9.34. The fraction of sp³-hybridized carbons (Fsp3) is 0.294. The second-order valence-corrected chi connectivity index (χ2v) is 7.28. The summed E-state index contributed by atoms with van der Waals surface area (Å²) in [5.74, 6) is 0.922. The van der Waals surface area contributed by atoms with E-state index in [0.29, 0.717) is 0 Å². The zero-order chi connectivity index (χ0) is 15.2. The van der Waals surface area contributed by atoms with E-state index in [1.54, 1.807) is 23.1 Å². The first-order valence-electron chi connectivity index (χ1n) is 7.53. The van der Waals surface area contributed by atoms with E-state index in [4.69, 9.17) is 0 Å². The molecular weight excluding hydrogens is 310 g/mol. The third-order valence-corrected chi connectivity index (χ3v) is 5.51. The van der Waals surface area contributed by atoms with Crippen molar-refractivity contribution in [2.75, 3.05) is 11.9 Å². The van der Waals surface area contributed by atoms with E-state index in [0.717, 1.165) is 28.2 Å². The largest absolute Gasteiger partial charge is 0.360 e. The van der Waals surface area contributed by atoms with Gasteiger partial charge in [-0.25, -0.2) is 0 Å². The van der Waals surface area contributed by atoms with Crippen LogP contribution in [-0.4, -0.2) is 16.7 Å². The molecule has 0 fully saturated rings. The number of unbranched alkanes of at least 4 members (excludes halogenated alkanes) is 1. The summed E-state index contributed by atoms with van der Waals surface area (Å²) in [5, 5.41) is 15.3. The Morgan fingerprint density at radius 3 is 2.86 bits per heavy atom. The van der Waals surface area contributed by atoms with Crippen LogP contribution in [0.1, 0.15) is 25.3 Å². The van der Waals surface area contributed by atoms with Gasteiger partial charge < -0.3 is 5.32 Å². The maximum atomic E-state index is 4.26.